The summed E-state index contributed by atoms with van der Waals surface area (Å²) in [5.74, 6) is 0.994. The van der Waals surface area contributed by atoms with Crippen LogP contribution in [-0.4, -0.2) is 12.1 Å². The highest BCUT2D eigenvalue weighted by Gasteiger charge is 2.18. The molecule has 1 aromatic carbocycles. The Morgan fingerprint density at radius 1 is 1.22 bits per heavy atom. The van der Waals surface area contributed by atoms with Crippen LogP contribution in [-0.2, 0) is 12.8 Å². The lowest BCUT2D eigenvalue weighted by Gasteiger charge is -2.24. The summed E-state index contributed by atoms with van der Waals surface area (Å²) in [6.45, 7) is 4.32. The predicted octanol–water partition coefficient (Wildman–Crippen LogP) is 3.46. The second-order valence-corrected chi connectivity index (χ2v) is 5.30. The third kappa shape index (κ3) is 3.05. The third-order valence-corrected chi connectivity index (χ3v) is 3.86. The minimum absolute atomic E-state index is 0.143. The molecule has 2 heteroatoms. The van der Waals surface area contributed by atoms with Crippen LogP contribution in [0.1, 0.15) is 50.7 Å². The molecule has 1 aliphatic carbocycles. The number of hydrogen-bond acceptors (Lipinski definition) is 2. The molecule has 2 nitrogen and oxygen atoms in total. The molecular formula is C16H25NO. The lowest BCUT2D eigenvalue weighted by Crippen LogP contribution is -2.38. The second kappa shape index (κ2) is 6.24. The summed E-state index contributed by atoms with van der Waals surface area (Å²) in [4.78, 5) is 0. The van der Waals surface area contributed by atoms with Crippen molar-refractivity contribution in [3.05, 3.63) is 29.3 Å². The van der Waals surface area contributed by atoms with Crippen molar-refractivity contribution in [3.8, 4) is 5.75 Å². The molecule has 0 amide bonds. The van der Waals surface area contributed by atoms with Gasteiger partial charge in [0.1, 0.15) is 11.9 Å². The third-order valence-electron chi connectivity index (χ3n) is 3.86. The van der Waals surface area contributed by atoms with Crippen molar-refractivity contribution in [3.63, 3.8) is 0 Å². The van der Waals surface area contributed by atoms with Gasteiger partial charge in [-0.15, -0.1) is 0 Å². The molecule has 2 N–H and O–H groups in total. The minimum atomic E-state index is 0.143. The number of nitrogens with two attached hydrogens (primary N) is 1. The fourth-order valence-corrected chi connectivity index (χ4v) is 2.79. The van der Waals surface area contributed by atoms with Gasteiger partial charge in [-0.3, -0.25) is 0 Å². The summed E-state index contributed by atoms with van der Waals surface area (Å²) in [5.41, 5.74) is 9.13. The Bertz CT molecular complexity index is 389. The average Bonchev–Trinajstić information content (AvgIpc) is 2.83. The predicted molar refractivity (Wildman–Crippen MR) is 76.1 cm³/mol. The molecule has 0 spiro atoms. The summed E-state index contributed by atoms with van der Waals surface area (Å²) >= 11 is 0. The molecule has 2 unspecified atom stereocenters. The topological polar surface area (TPSA) is 35.2 Å². The van der Waals surface area contributed by atoms with E-state index in [1.54, 1.807) is 0 Å². The van der Waals surface area contributed by atoms with Crippen LogP contribution in [0, 0.1) is 0 Å². The van der Waals surface area contributed by atoms with Crippen molar-refractivity contribution in [2.24, 2.45) is 5.73 Å². The van der Waals surface area contributed by atoms with Gasteiger partial charge in [-0.25, -0.2) is 0 Å². The second-order valence-electron chi connectivity index (χ2n) is 5.30. The molecule has 0 saturated heterocycles. The van der Waals surface area contributed by atoms with E-state index in [1.165, 1.54) is 30.4 Å². The fraction of sp³-hybridized carbons (Fsp3) is 0.625. The summed E-state index contributed by atoms with van der Waals surface area (Å²) in [7, 11) is 0. The van der Waals surface area contributed by atoms with Gasteiger partial charge in [0, 0.05) is 6.04 Å². The monoisotopic (exact) mass is 247 g/mol. The summed E-state index contributed by atoms with van der Waals surface area (Å²) in [5, 5.41) is 0. The Balaban J connectivity index is 2.03. The van der Waals surface area contributed by atoms with E-state index in [9.17, 15) is 0 Å². The highest BCUT2D eigenvalue weighted by molar-refractivity contribution is 5.38. The molecule has 100 valence electrons. The standard InChI is InChI=1S/C16H25NO/c1-3-6-15(17)16(4-2)18-14-10-9-12-7-5-8-13(12)11-14/h9-11,15-16H,3-8,17H2,1-2H3. The fourth-order valence-electron chi connectivity index (χ4n) is 2.79. The van der Waals surface area contributed by atoms with Crippen molar-refractivity contribution in [1.29, 1.82) is 0 Å². The number of benzene rings is 1. The van der Waals surface area contributed by atoms with E-state index in [0.29, 0.717) is 0 Å². The first-order valence-electron chi connectivity index (χ1n) is 7.28. The highest BCUT2D eigenvalue weighted by Crippen LogP contribution is 2.27. The van der Waals surface area contributed by atoms with Gasteiger partial charge in [0.15, 0.2) is 0 Å². The molecule has 1 aliphatic rings. The smallest absolute Gasteiger partial charge is 0.120 e. The van der Waals surface area contributed by atoms with Crippen LogP contribution in [0.3, 0.4) is 0 Å². The van der Waals surface area contributed by atoms with Gasteiger partial charge in [-0.1, -0.05) is 26.3 Å². The van der Waals surface area contributed by atoms with Gasteiger partial charge >= 0.3 is 0 Å². The van der Waals surface area contributed by atoms with Crippen LogP contribution in [0.25, 0.3) is 0 Å². The molecule has 0 aliphatic heterocycles. The van der Waals surface area contributed by atoms with Gasteiger partial charge in [0.05, 0.1) is 0 Å². The van der Waals surface area contributed by atoms with E-state index in [4.69, 9.17) is 10.5 Å². The first kappa shape index (κ1) is 13.4. The number of hydrogen-bond donors (Lipinski definition) is 1. The lowest BCUT2D eigenvalue weighted by molar-refractivity contribution is 0.161. The van der Waals surface area contributed by atoms with Crippen LogP contribution in [0.15, 0.2) is 18.2 Å². The van der Waals surface area contributed by atoms with Crippen molar-refractivity contribution >= 4 is 0 Å². The summed E-state index contributed by atoms with van der Waals surface area (Å²) in [6.07, 6.45) is 6.97. The molecule has 0 bridgehead atoms. The van der Waals surface area contributed by atoms with Gasteiger partial charge in [0.2, 0.25) is 0 Å². The van der Waals surface area contributed by atoms with Gasteiger partial charge < -0.3 is 10.5 Å². The van der Waals surface area contributed by atoms with Crippen molar-refractivity contribution in [1.82, 2.24) is 0 Å². The summed E-state index contributed by atoms with van der Waals surface area (Å²) < 4.78 is 6.08. The lowest BCUT2D eigenvalue weighted by atomic mass is 10.0. The zero-order valence-corrected chi connectivity index (χ0v) is 11.6. The van der Waals surface area contributed by atoms with E-state index in [0.717, 1.165) is 25.0 Å². The SMILES string of the molecule is CCCC(N)C(CC)Oc1ccc2c(c1)CCC2. The largest absolute Gasteiger partial charge is 0.489 e. The molecule has 0 saturated carbocycles. The Kier molecular flexibility index (Phi) is 4.65. The highest BCUT2D eigenvalue weighted by atomic mass is 16.5. The van der Waals surface area contributed by atoms with E-state index in [-0.39, 0.29) is 12.1 Å². The molecule has 0 heterocycles. The summed E-state index contributed by atoms with van der Waals surface area (Å²) in [6, 6.07) is 6.68. The Hall–Kier alpha value is -1.02. The quantitative estimate of drug-likeness (QED) is 0.835. The van der Waals surface area contributed by atoms with Gasteiger partial charge in [0.25, 0.3) is 0 Å². The molecule has 2 rings (SSSR count). The van der Waals surface area contributed by atoms with E-state index in [1.807, 2.05) is 0 Å². The zero-order valence-electron chi connectivity index (χ0n) is 11.6. The van der Waals surface area contributed by atoms with Crippen LogP contribution >= 0.6 is 0 Å². The molecule has 18 heavy (non-hydrogen) atoms. The number of rotatable bonds is 6. The Labute approximate surface area is 111 Å². The maximum absolute atomic E-state index is 6.17. The maximum Gasteiger partial charge on any atom is 0.120 e. The first-order valence-corrected chi connectivity index (χ1v) is 7.28. The molecule has 2 atom stereocenters. The normalized spacial score (nSPS) is 17.3. The van der Waals surface area contributed by atoms with E-state index >= 15 is 0 Å². The Morgan fingerprint density at radius 3 is 2.72 bits per heavy atom. The molecule has 1 aromatic rings. The Morgan fingerprint density at radius 2 is 2.00 bits per heavy atom. The van der Waals surface area contributed by atoms with Gasteiger partial charge in [-0.05, 0) is 55.4 Å². The number of ether oxygens (including phenoxy) is 1. The first-order chi connectivity index (χ1) is 8.74. The van der Waals surface area contributed by atoms with Crippen LogP contribution in [0.5, 0.6) is 5.75 Å². The molecular weight excluding hydrogens is 222 g/mol. The van der Waals surface area contributed by atoms with Crippen LogP contribution < -0.4 is 10.5 Å². The van der Waals surface area contributed by atoms with Crippen molar-refractivity contribution in [2.75, 3.05) is 0 Å². The van der Waals surface area contributed by atoms with E-state index in [2.05, 4.69) is 32.0 Å². The number of fused-ring (bicyclic) bond motifs is 1. The zero-order chi connectivity index (χ0) is 13.0. The van der Waals surface area contributed by atoms with Crippen molar-refractivity contribution < 1.29 is 4.74 Å². The number of aryl methyl sites for hydroxylation is 2. The van der Waals surface area contributed by atoms with Crippen LogP contribution in [0.4, 0.5) is 0 Å². The van der Waals surface area contributed by atoms with Gasteiger partial charge in [-0.2, -0.15) is 0 Å². The molecule has 0 aromatic heterocycles. The van der Waals surface area contributed by atoms with Crippen LogP contribution in [0.2, 0.25) is 0 Å². The minimum Gasteiger partial charge on any atom is -0.489 e. The maximum atomic E-state index is 6.17. The van der Waals surface area contributed by atoms with E-state index < -0.39 is 0 Å². The molecule has 0 fully saturated rings. The average molecular weight is 247 g/mol. The molecule has 0 radical (unpaired) electrons. The van der Waals surface area contributed by atoms with Crippen molar-refractivity contribution in [2.45, 2.75) is 64.5 Å².